The Hall–Kier alpha value is -4.35. The molecule has 1 aromatic carbocycles. The number of nitrogens with zero attached hydrogens (tertiary/aromatic N) is 6. The van der Waals surface area contributed by atoms with Crippen molar-refractivity contribution in [3.63, 3.8) is 0 Å². The van der Waals surface area contributed by atoms with E-state index in [2.05, 4.69) is 20.1 Å². The molecular formula is C21H20F2N8O2. The van der Waals surface area contributed by atoms with E-state index in [9.17, 15) is 18.7 Å². The molecule has 0 radical (unpaired) electrons. The number of hydrogen-bond donors (Lipinski definition) is 3. The zero-order valence-electron chi connectivity index (χ0n) is 17.7. The molecule has 3 aromatic heterocycles. The third kappa shape index (κ3) is 3.97. The van der Waals surface area contributed by atoms with Gasteiger partial charge in [0.25, 0.3) is 5.95 Å². The minimum Gasteiger partial charge on any atom is -0.465 e. The number of anilines is 2. The minimum atomic E-state index is -1.18. The Bertz CT molecular complexity index is 1350. The topological polar surface area (TPSA) is 149 Å². The van der Waals surface area contributed by atoms with Crippen LogP contribution in [0.2, 0.25) is 0 Å². The predicted octanol–water partition coefficient (Wildman–Crippen LogP) is 2.91. The van der Waals surface area contributed by atoms with E-state index in [0.29, 0.717) is 16.8 Å². The molecule has 0 aliphatic rings. The average Bonchev–Trinajstić information content (AvgIpc) is 3.11. The largest absolute Gasteiger partial charge is 0.465 e. The van der Waals surface area contributed by atoms with Crippen molar-refractivity contribution in [3.05, 3.63) is 65.0 Å². The van der Waals surface area contributed by atoms with Crippen molar-refractivity contribution in [2.45, 2.75) is 19.4 Å². The Balaban J connectivity index is 1.84. The van der Waals surface area contributed by atoms with Crippen molar-refractivity contribution in [1.29, 1.82) is 0 Å². The van der Waals surface area contributed by atoms with Gasteiger partial charge in [-0.3, -0.25) is 0 Å². The van der Waals surface area contributed by atoms with Crippen molar-refractivity contribution >= 4 is 28.8 Å². The van der Waals surface area contributed by atoms with E-state index in [-0.39, 0.29) is 35.1 Å². The van der Waals surface area contributed by atoms with Gasteiger partial charge in [0, 0.05) is 19.5 Å². The number of rotatable bonds is 5. The Morgan fingerprint density at radius 1 is 1.21 bits per heavy atom. The quantitative estimate of drug-likeness (QED) is 0.417. The Labute approximate surface area is 186 Å². The molecule has 10 nitrogen and oxygen atoms in total. The van der Waals surface area contributed by atoms with Crippen LogP contribution < -0.4 is 11.5 Å². The lowest BCUT2D eigenvalue weighted by Crippen LogP contribution is -2.29. The number of aromatic nitrogens is 5. The first-order chi connectivity index (χ1) is 15.7. The van der Waals surface area contributed by atoms with Gasteiger partial charge < -0.3 is 21.5 Å². The minimum absolute atomic E-state index is 0.0539. The summed E-state index contributed by atoms with van der Waals surface area (Å²) in [6.45, 7) is 1.59. The SMILES string of the molecule is CC(c1c(N)nc(-n2nc(Cc3ccccc3F)c3ncc(F)cc32)nc1N)N(C)C(=O)O. The molecule has 0 aliphatic carbocycles. The number of carboxylic acid groups (broad SMARTS) is 1. The molecule has 12 heteroatoms. The highest BCUT2D eigenvalue weighted by molar-refractivity contribution is 5.79. The second kappa shape index (κ2) is 8.30. The first-order valence-corrected chi connectivity index (χ1v) is 9.83. The third-order valence-electron chi connectivity index (χ3n) is 5.35. The molecule has 0 aliphatic heterocycles. The Kier molecular flexibility index (Phi) is 5.50. The summed E-state index contributed by atoms with van der Waals surface area (Å²) in [4.78, 5) is 24.9. The fraction of sp³-hybridized carbons (Fsp3) is 0.190. The maximum absolute atomic E-state index is 14.2. The lowest BCUT2D eigenvalue weighted by Gasteiger charge is -2.24. The van der Waals surface area contributed by atoms with Crippen molar-refractivity contribution in [1.82, 2.24) is 29.6 Å². The fourth-order valence-electron chi connectivity index (χ4n) is 3.50. The molecule has 0 saturated heterocycles. The number of hydrogen-bond acceptors (Lipinski definition) is 7. The molecule has 1 atom stereocenters. The van der Waals surface area contributed by atoms with E-state index in [4.69, 9.17) is 11.5 Å². The molecule has 0 spiro atoms. The Morgan fingerprint density at radius 2 is 1.88 bits per heavy atom. The molecular weight excluding hydrogens is 434 g/mol. The molecule has 4 aromatic rings. The molecule has 0 saturated carbocycles. The number of amides is 1. The second-order valence-electron chi connectivity index (χ2n) is 7.43. The molecule has 3 heterocycles. The summed E-state index contributed by atoms with van der Waals surface area (Å²) in [6, 6.07) is 6.70. The first-order valence-electron chi connectivity index (χ1n) is 9.83. The van der Waals surface area contributed by atoms with Gasteiger partial charge in [-0.2, -0.15) is 19.7 Å². The molecule has 1 unspecified atom stereocenters. The smallest absolute Gasteiger partial charge is 0.407 e. The van der Waals surface area contributed by atoms with Crippen LogP contribution in [0.4, 0.5) is 25.2 Å². The first kappa shape index (κ1) is 21.9. The standard InChI is InChI=1S/C21H20F2N8O2/c1-10(30(2)21(32)33)16-18(24)27-20(28-19(16)25)31-15-8-12(22)9-26-17(15)14(29-31)7-11-5-3-4-6-13(11)23/h3-6,8-10H,7H2,1-2H3,(H,32,33)(H4,24,25,27,28). The van der Waals surface area contributed by atoms with Crippen LogP contribution in [0.5, 0.6) is 0 Å². The van der Waals surface area contributed by atoms with Gasteiger partial charge in [0.15, 0.2) is 0 Å². The molecule has 0 fully saturated rings. The molecule has 1 amide bonds. The van der Waals surface area contributed by atoms with Crippen LogP contribution in [0.3, 0.4) is 0 Å². The van der Waals surface area contributed by atoms with Crippen molar-refractivity contribution in [2.75, 3.05) is 18.5 Å². The highest BCUT2D eigenvalue weighted by Crippen LogP contribution is 2.30. The summed E-state index contributed by atoms with van der Waals surface area (Å²) in [5.74, 6) is -1.19. The van der Waals surface area contributed by atoms with Gasteiger partial charge in [-0.1, -0.05) is 18.2 Å². The van der Waals surface area contributed by atoms with E-state index < -0.39 is 23.8 Å². The van der Waals surface area contributed by atoms with Crippen LogP contribution in [0.15, 0.2) is 36.5 Å². The van der Waals surface area contributed by atoms with Gasteiger partial charge in [0.05, 0.1) is 29.0 Å². The molecule has 4 rings (SSSR count). The van der Waals surface area contributed by atoms with E-state index in [1.54, 1.807) is 25.1 Å². The molecule has 0 bridgehead atoms. The summed E-state index contributed by atoms with van der Waals surface area (Å²) >= 11 is 0. The lowest BCUT2D eigenvalue weighted by atomic mass is 10.1. The zero-order chi connectivity index (χ0) is 23.9. The average molecular weight is 454 g/mol. The van der Waals surface area contributed by atoms with Crippen molar-refractivity contribution in [2.24, 2.45) is 0 Å². The maximum atomic E-state index is 14.2. The summed E-state index contributed by atoms with van der Waals surface area (Å²) in [6.07, 6.45) is -0.0454. The molecule has 5 N–H and O–H groups in total. The molecule has 33 heavy (non-hydrogen) atoms. The number of nitrogens with two attached hydrogens (primary N) is 2. The number of benzene rings is 1. The Morgan fingerprint density at radius 3 is 2.52 bits per heavy atom. The van der Waals surface area contributed by atoms with Crippen LogP contribution in [0, 0.1) is 11.6 Å². The number of pyridine rings is 1. The van der Waals surface area contributed by atoms with Crippen LogP contribution in [0.1, 0.15) is 29.8 Å². The second-order valence-corrected chi connectivity index (χ2v) is 7.43. The highest BCUT2D eigenvalue weighted by Gasteiger charge is 2.25. The highest BCUT2D eigenvalue weighted by atomic mass is 19.1. The van der Waals surface area contributed by atoms with Crippen LogP contribution in [-0.2, 0) is 6.42 Å². The molecule has 170 valence electrons. The van der Waals surface area contributed by atoms with Gasteiger partial charge >= 0.3 is 6.09 Å². The van der Waals surface area contributed by atoms with E-state index in [0.717, 1.165) is 11.1 Å². The maximum Gasteiger partial charge on any atom is 0.407 e. The van der Waals surface area contributed by atoms with E-state index in [1.807, 2.05) is 0 Å². The summed E-state index contributed by atoms with van der Waals surface area (Å²) < 4.78 is 29.4. The van der Waals surface area contributed by atoms with Gasteiger partial charge in [-0.25, -0.2) is 18.6 Å². The third-order valence-corrected chi connectivity index (χ3v) is 5.35. The lowest BCUT2D eigenvalue weighted by molar-refractivity contribution is 0.142. The van der Waals surface area contributed by atoms with Gasteiger partial charge in [0.1, 0.15) is 28.8 Å². The van der Waals surface area contributed by atoms with E-state index >= 15 is 0 Å². The van der Waals surface area contributed by atoms with Crippen molar-refractivity contribution in [3.8, 4) is 5.95 Å². The van der Waals surface area contributed by atoms with Gasteiger partial charge in [-0.15, -0.1) is 0 Å². The van der Waals surface area contributed by atoms with Crippen LogP contribution >= 0.6 is 0 Å². The van der Waals surface area contributed by atoms with E-state index in [1.165, 1.54) is 23.9 Å². The van der Waals surface area contributed by atoms with Crippen molar-refractivity contribution < 1.29 is 18.7 Å². The predicted molar refractivity (Wildman–Crippen MR) is 117 cm³/mol. The number of fused-ring (bicyclic) bond motifs is 1. The number of halogens is 2. The number of nitrogen functional groups attached to an aromatic ring is 2. The fourth-order valence-corrected chi connectivity index (χ4v) is 3.50. The van der Waals surface area contributed by atoms with Gasteiger partial charge in [0.2, 0.25) is 0 Å². The van der Waals surface area contributed by atoms with Crippen LogP contribution in [0.25, 0.3) is 17.0 Å². The summed E-state index contributed by atoms with van der Waals surface area (Å²) in [7, 11) is 1.37. The normalized spacial score (nSPS) is 12.1. The van der Waals surface area contributed by atoms with Crippen LogP contribution in [-0.4, -0.2) is 47.9 Å². The number of carbonyl (C=O) groups is 1. The van der Waals surface area contributed by atoms with Gasteiger partial charge in [-0.05, 0) is 18.6 Å². The zero-order valence-corrected chi connectivity index (χ0v) is 17.7. The summed E-state index contributed by atoms with van der Waals surface area (Å²) in [5.41, 5.74) is 13.8. The summed E-state index contributed by atoms with van der Waals surface area (Å²) in [5, 5.41) is 13.7. The monoisotopic (exact) mass is 454 g/mol.